The summed E-state index contributed by atoms with van der Waals surface area (Å²) in [6.45, 7) is 4.29. The van der Waals surface area contributed by atoms with Crippen molar-refractivity contribution in [3.05, 3.63) is 80.6 Å². The van der Waals surface area contributed by atoms with E-state index in [9.17, 15) is 10.1 Å². The third kappa shape index (κ3) is 4.51. The van der Waals surface area contributed by atoms with Crippen LogP contribution in [0.3, 0.4) is 0 Å². The van der Waals surface area contributed by atoms with Gasteiger partial charge in [0.05, 0.1) is 4.92 Å². The lowest BCUT2D eigenvalue weighted by molar-refractivity contribution is -0.383. The van der Waals surface area contributed by atoms with Crippen LogP contribution >= 0.6 is 11.6 Å². The molecular formula is C19H18ClN5O2. The zero-order valence-electron chi connectivity index (χ0n) is 14.9. The highest BCUT2D eigenvalue weighted by Gasteiger charge is 2.23. The van der Waals surface area contributed by atoms with Crippen molar-refractivity contribution >= 4 is 34.6 Å². The summed E-state index contributed by atoms with van der Waals surface area (Å²) in [4.78, 5) is 19.3. The fourth-order valence-corrected chi connectivity index (χ4v) is 2.69. The van der Waals surface area contributed by atoms with E-state index in [1.807, 2.05) is 44.2 Å². The van der Waals surface area contributed by atoms with Crippen LogP contribution in [0.4, 0.5) is 23.0 Å². The second-order valence-corrected chi connectivity index (χ2v) is 6.54. The fraction of sp³-hybridized carbons (Fsp3) is 0.158. The van der Waals surface area contributed by atoms with Gasteiger partial charge in [-0.1, -0.05) is 47.5 Å². The molecule has 0 radical (unpaired) electrons. The molecule has 0 aliphatic carbocycles. The van der Waals surface area contributed by atoms with E-state index in [1.54, 1.807) is 12.1 Å². The van der Waals surface area contributed by atoms with Gasteiger partial charge in [0.15, 0.2) is 0 Å². The fourth-order valence-electron chi connectivity index (χ4n) is 2.52. The molecule has 0 fully saturated rings. The van der Waals surface area contributed by atoms with Crippen LogP contribution in [0.5, 0.6) is 0 Å². The number of hydrogen-bond acceptors (Lipinski definition) is 6. The Labute approximate surface area is 161 Å². The van der Waals surface area contributed by atoms with E-state index in [0.717, 1.165) is 16.7 Å². The van der Waals surface area contributed by atoms with Crippen molar-refractivity contribution in [1.29, 1.82) is 0 Å². The Morgan fingerprint density at radius 1 is 1.07 bits per heavy atom. The van der Waals surface area contributed by atoms with Gasteiger partial charge in [-0.05, 0) is 37.1 Å². The van der Waals surface area contributed by atoms with Crippen LogP contribution in [0.15, 0.2) is 48.8 Å². The standard InChI is InChI=1S/C19H18ClN5O2/c1-12-3-6-14(7-4-12)10-21-18-17(25(26)27)19(23-11-22-18)24-16-9-15(20)8-5-13(16)2/h3-9,11H,10H2,1-2H3,(H2,21,22,23,24). The van der Waals surface area contributed by atoms with Crippen molar-refractivity contribution in [3.8, 4) is 0 Å². The Balaban J connectivity index is 1.89. The summed E-state index contributed by atoms with van der Waals surface area (Å²) < 4.78 is 0. The maximum atomic E-state index is 11.7. The third-order valence-corrected chi connectivity index (χ3v) is 4.27. The molecule has 0 saturated heterocycles. The first-order valence-corrected chi connectivity index (χ1v) is 8.64. The molecule has 0 aliphatic heterocycles. The highest BCUT2D eigenvalue weighted by Crippen LogP contribution is 2.33. The van der Waals surface area contributed by atoms with Gasteiger partial charge in [-0.3, -0.25) is 10.1 Å². The first-order chi connectivity index (χ1) is 12.9. The van der Waals surface area contributed by atoms with Gasteiger partial charge < -0.3 is 10.6 Å². The summed E-state index contributed by atoms with van der Waals surface area (Å²) in [7, 11) is 0. The normalized spacial score (nSPS) is 10.5. The van der Waals surface area contributed by atoms with E-state index in [0.29, 0.717) is 17.3 Å². The van der Waals surface area contributed by atoms with Crippen molar-refractivity contribution in [2.45, 2.75) is 20.4 Å². The molecule has 8 heteroatoms. The van der Waals surface area contributed by atoms with Gasteiger partial charge in [0.25, 0.3) is 0 Å². The molecule has 1 aromatic heterocycles. The Morgan fingerprint density at radius 3 is 2.48 bits per heavy atom. The smallest absolute Gasteiger partial charge is 0.353 e. The number of rotatable bonds is 6. The molecule has 27 heavy (non-hydrogen) atoms. The minimum Gasteiger partial charge on any atom is -0.360 e. The summed E-state index contributed by atoms with van der Waals surface area (Å²) in [5.41, 5.74) is 3.46. The van der Waals surface area contributed by atoms with E-state index < -0.39 is 4.92 Å². The number of aryl methyl sites for hydroxylation is 2. The third-order valence-electron chi connectivity index (χ3n) is 4.04. The van der Waals surface area contributed by atoms with Crippen molar-refractivity contribution in [3.63, 3.8) is 0 Å². The summed E-state index contributed by atoms with van der Waals surface area (Å²) in [6, 6.07) is 13.2. The van der Waals surface area contributed by atoms with Crippen molar-refractivity contribution < 1.29 is 4.92 Å². The number of benzene rings is 2. The number of nitrogens with one attached hydrogen (secondary N) is 2. The Kier molecular flexibility index (Phi) is 5.52. The predicted octanol–water partition coefficient (Wildman–Crippen LogP) is 5.01. The maximum absolute atomic E-state index is 11.7. The lowest BCUT2D eigenvalue weighted by Crippen LogP contribution is -2.08. The lowest BCUT2D eigenvalue weighted by Gasteiger charge is -2.12. The molecule has 0 amide bonds. The molecule has 0 spiro atoms. The number of aromatic nitrogens is 2. The number of hydrogen-bond donors (Lipinski definition) is 2. The first kappa shape index (κ1) is 18.6. The molecule has 3 aromatic rings. The Hall–Kier alpha value is -3.19. The molecule has 138 valence electrons. The van der Waals surface area contributed by atoms with Gasteiger partial charge in [0, 0.05) is 17.3 Å². The van der Waals surface area contributed by atoms with Crippen LogP contribution in [-0.2, 0) is 6.54 Å². The van der Waals surface area contributed by atoms with Crippen LogP contribution in [0, 0.1) is 24.0 Å². The zero-order chi connectivity index (χ0) is 19.4. The van der Waals surface area contributed by atoms with Crippen molar-refractivity contribution in [1.82, 2.24) is 9.97 Å². The maximum Gasteiger partial charge on any atom is 0.353 e. The van der Waals surface area contributed by atoms with Gasteiger partial charge in [0.2, 0.25) is 11.6 Å². The minimum absolute atomic E-state index is 0.103. The molecule has 0 unspecified atom stereocenters. The number of nitro groups is 1. The van der Waals surface area contributed by atoms with Crippen LogP contribution in [0.25, 0.3) is 0 Å². The van der Waals surface area contributed by atoms with Crippen molar-refractivity contribution in [2.24, 2.45) is 0 Å². The van der Waals surface area contributed by atoms with Gasteiger partial charge in [-0.15, -0.1) is 0 Å². The summed E-state index contributed by atoms with van der Waals surface area (Å²) in [6.07, 6.45) is 1.28. The number of nitrogens with zero attached hydrogens (tertiary/aromatic N) is 3. The molecule has 0 atom stereocenters. The molecule has 7 nitrogen and oxygen atoms in total. The van der Waals surface area contributed by atoms with E-state index in [2.05, 4.69) is 20.6 Å². The Morgan fingerprint density at radius 2 is 1.78 bits per heavy atom. The summed E-state index contributed by atoms with van der Waals surface area (Å²) in [5, 5.41) is 18.2. The van der Waals surface area contributed by atoms with Crippen LogP contribution in [0.2, 0.25) is 5.02 Å². The van der Waals surface area contributed by atoms with Gasteiger partial charge >= 0.3 is 5.69 Å². The first-order valence-electron chi connectivity index (χ1n) is 8.26. The Bertz CT molecular complexity index is 976. The van der Waals surface area contributed by atoms with Crippen LogP contribution in [-0.4, -0.2) is 14.9 Å². The summed E-state index contributed by atoms with van der Waals surface area (Å²) in [5.74, 6) is 0.254. The second-order valence-electron chi connectivity index (χ2n) is 6.10. The molecule has 0 aliphatic rings. The van der Waals surface area contributed by atoms with E-state index in [1.165, 1.54) is 6.33 Å². The van der Waals surface area contributed by atoms with Gasteiger partial charge in [0.1, 0.15) is 6.33 Å². The quantitative estimate of drug-likeness (QED) is 0.459. The monoisotopic (exact) mass is 383 g/mol. The van der Waals surface area contributed by atoms with E-state index in [-0.39, 0.29) is 17.3 Å². The van der Waals surface area contributed by atoms with Crippen LogP contribution < -0.4 is 10.6 Å². The average molecular weight is 384 g/mol. The number of halogens is 1. The second kappa shape index (κ2) is 8.01. The van der Waals surface area contributed by atoms with Crippen molar-refractivity contribution in [2.75, 3.05) is 10.6 Å². The van der Waals surface area contributed by atoms with E-state index >= 15 is 0 Å². The zero-order valence-corrected chi connectivity index (χ0v) is 15.6. The molecule has 2 aromatic carbocycles. The molecular weight excluding hydrogens is 366 g/mol. The topological polar surface area (TPSA) is 93.0 Å². The molecule has 2 N–H and O–H groups in total. The highest BCUT2D eigenvalue weighted by atomic mass is 35.5. The lowest BCUT2D eigenvalue weighted by atomic mass is 10.1. The van der Waals surface area contributed by atoms with E-state index in [4.69, 9.17) is 11.6 Å². The molecule has 0 bridgehead atoms. The summed E-state index contributed by atoms with van der Waals surface area (Å²) >= 11 is 6.03. The minimum atomic E-state index is -0.500. The largest absolute Gasteiger partial charge is 0.360 e. The molecule has 3 rings (SSSR count). The number of anilines is 3. The predicted molar refractivity (Wildman–Crippen MR) is 107 cm³/mol. The van der Waals surface area contributed by atoms with Gasteiger partial charge in [-0.2, -0.15) is 0 Å². The molecule has 0 saturated carbocycles. The molecule has 1 heterocycles. The SMILES string of the molecule is Cc1ccc(CNc2ncnc(Nc3cc(Cl)ccc3C)c2[N+](=O)[O-])cc1. The highest BCUT2D eigenvalue weighted by molar-refractivity contribution is 6.30. The van der Waals surface area contributed by atoms with Gasteiger partial charge in [-0.25, -0.2) is 9.97 Å². The average Bonchev–Trinajstić information content (AvgIpc) is 2.64. The van der Waals surface area contributed by atoms with Crippen LogP contribution in [0.1, 0.15) is 16.7 Å².